The molecule has 0 radical (unpaired) electrons. The van der Waals surface area contributed by atoms with Crippen molar-refractivity contribution in [2.75, 3.05) is 6.54 Å². The van der Waals surface area contributed by atoms with Crippen LogP contribution in [0, 0.1) is 0 Å². The largest absolute Gasteiger partial charge is 0.427 e. The average molecular weight is 351 g/mol. The molecule has 3 rings (SSSR count). The number of carbonyl (C=O) groups excluding carboxylic acids is 4. The zero-order valence-corrected chi connectivity index (χ0v) is 14.2. The molecule has 0 aromatic heterocycles. The Kier molecular flexibility index (Phi) is 4.93. The molecule has 0 N–H and O–H groups in total. The van der Waals surface area contributed by atoms with Gasteiger partial charge in [0, 0.05) is 25.5 Å². The molecule has 1 aliphatic rings. The number of ketones is 1. The molecule has 2 amide bonds. The number of Topliss-reactive ketones (excluding diaryl/α,β-unsaturated/α-hetero) is 1. The second-order valence-corrected chi connectivity index (χ2v) is 5.96. The molecular weight excluding hydrogens is 334 g/mol. The van der Waals surface area contributed by atoms with E-state index < -0.39 is 5.97 Å². The Bertz CT molecular complexity index is 868. The Morgan fingerprint density at radius 1 is 0.962 bits per heavy atom. The van der Waals surface area contributed by atoms with Crippen LogP contribution in [0.25, 0.3) is 0 Å². The minimum Gasteiger partial charge on any atom is -0.427 e. The van der Waals surface area contributed by atoms with Gasteiger partial charge in [-0.05, 0) is 30.7 Å². The monoisotopic (exact) mass is 351 g/mol. The Balaban J connectivity index is 1.59. The third-order valence-corrected chi connectivity index (χ3v) is 4.08. The second-order valence-electron chi connectivity index (χ2n) is 5.96. The van der Waals surface area contributed by atoms with Gasteiger partial charge < -0.3 is 4.74 Å². The van der Waals surface area contributed by atoms with Crippen molar-refractivity contribution in [2.24, 2.45) is 0 Å². The summed E-state index contributed by atoms with van der Waals surface area (Å²) >= 11 is 0. The Morgan fingerprint density at radius 2 is 1.62 bits per heavy atom. The molecule has 0 atom stereocenters. The Hall–Kier alpha value is -3.28. The summed E-state index contributed by atoms with van der Waals surface area (Å²) < 4.78 is 4.97. The van der Waals surface area contributed by atoms with Crippen LogP contribution in [-0.2, 0) is 4.79 Å². The lowest BCUT2D eigenvalue weighted by atomic mass is 10.1. The maximum atomic E-state index is 12.3. The van der Waals surface area contributed by atoms with Gasteiger partial charge in [-0.2, -0.15) is 0 Å². The highest BCUT2D eigenvalue weighted by atomic mass is 16.5. The van der Waals surface area contributed by atoms with E-state index in [1.54, 1.807) is 42.5 Å². The van der Waals surface area contributed by atoms with Gasteiger partial charge in [0.15, 0.2) is 5.78 Å². The molecule has 2 aromatic carbocycles. The fraction of sp³-hybridized carbons (Fsp3) is 0.200. The zero-order chi connectivity index (χ0) is 18.7. The van der Waals surface area contributed by atoms with Crippen molar-refractivity contribution in [1.82, 2.24) is 4.90 Å². The van der Waals surface area contributed by atoms with Crippen molar-refractivity contribution in [1.29, 1.82) is 0 Å². The highest BCUT2D eigenvalue weighted by Gasteiger charge is 2.34. The number of nitrogens with zero attached hydrogens (tertiary/aromatic N) is 1. The molecule has 2 aromatic rings. The van der Waals surface area contributed by atoms with E-state index in [-0.39, 0.29) is 30.6 Å². The molecule has 6 heteroatoms. The highest BCUT2D eigenvalue weighted by molar-refractivity contribution is 6.21. The number of rotatable bonds is 6. The van der Waals surface area contributed by atoms with E-state index in [0.29, 0.717) is 28.9 Å². The molecule has 0 fully saturated rings. The minimum atomic E-state index is -0.458. The number of esters is 1. The summed E-state index contributed by atoms with van der Waals surface area (Å²) in [5, 5.41) is 0. The maximum absolute atomic E-state index is 12.3. The van der Waals surface area contributed by atoms with Crippen LogP contribution in [0.15, 0.2) is 48.5 Å². The van der Waals surface area contributed by atoms with Gasteiger partial charge in [0.05, 0.1) is 11.1 Å². The van der Waals surface area contributed by atoms with Crippen LogP contribution < -0.4 is 4.74 Å². The lowest BCUT2D eigenvalue weighted by Gasteiger charge is -2.13. The Labute approximate surface area is 150 Å². The fourth-order valence-corrected chi connectivity index (χ4v) is 2.88. The first-order valence-electron chi connectivity index (χ1n) is 8.24. The van der Waals surface area contributed by atoms with Gasteiger partial charge in [-0.25, -0.2) is 0 Å². The maximum Gasteiger partial charge on any atom is 0.308 e. The van der Waals surface area contributed by atoms with Gasteiger partial charge in [0.1, 0.15) is 5.75 Å². The molecule has 6 nitrogen and oxygen atoms in total. The van der Waals surface area contributed by atoms with Crippen molar-refractivity contribution in [3.05, 3.63) is 65.2 Å². The van der Waals surface area contributed by atoms with E-state index in [0.717, 1.165) is 0 Å². The summed E-state index contributed by atoms with van der Waals surface area (Å²) in [6, 6.07) is 13.1. The smallest absolute Gasteiger partial charge is 0.308 e. The molecule has 0 saturated heterocycles. The zero-order valence-electron chi connectivity index (χ0n) is 14.2. The summed E-state index contributed by atoms with van der Waals surface area (Å²) in [6.07, 6.45) is 0.541. The van der Waals surface area contributed by atoms with E-state index >= 15 is 0 Å². The average Bonchev–Trinajstić information content (AvgIpc) is 2.86. The summed E-state index contributed by atoms with van der Waals surface area (Å²) in [6.45, 7) is 1.47. The van der Waals surface area contributed by atoms with Crippen LogP contribution in [0.4, 0.5) is 0 Å². The van der Waals surface area contributed by atoms with Gasteiger partial charge in [0.25, 0.3) is 11.8 Å². The van der Waals surface area contributed by atoms with Crippen molar-refractivity contribution in [3.63, 3.8) is 0 Å². The van der Waals surface area contributed by atoms with E-state index in [1.165, 1.54) is 17.9 Å². The number of fused-ring (bicyclic) bond motifs is 1. The highest BCUT2D eigenvalue weighted by Crippen LogP contribution is 2.23. The molecule has 26 heavy (non-hydrogen) atoms. The molecule has 0 aliphatic carbocycles. The summed E-state index contributed by atoms with van der Waals surface area (Å²) in [5.74, 6) is -0.940. The van der Waals surface area contributed by atoms with Gasteiger partial charge in [-0.1, -0.05) is 24.3 Å². The van der Waals surface area contributed by atoms with Gasteiger partial charge in [0.2, 0.25) is 0 Å². The lowest BCUT2D eigenvalue weighted by molar-refractivity contribution is -0.131. The Morgan fingerprint density at radius 3 is 2.23 bits per heavy atom. The molecule has 1 aliphatic heterocycles. The van der Waals surface area contributed by atoms with Crippen LogP contribution in [0.3, 0.4) is 0 Å². The molecule has 0 bridgehead atoms. The minimum absolute atomic E-state index is 0.143. The third kappa shape index (κ3) is 3.54. The fourth-order valence-electron chi connectivity index (χ4n) is 2.88. The third-order valence-electron chi connectivity index (χ3n) is 4.08. The van der Waals surface area contributed by atoms with Crippen molar-refractivity contribution in [3.8, 4) is 5.75 Å². The first kappa shape index (κ1) is 17.5. The summed E-state index contributed by atoms with van der Waals surface area (Å²) in [4.78, 5) is 49.0. The van der Waals surface area contributed by atoms with Gasteiger partial charge >= 0.3 is 5.97 Å². The van der Waals surface area contributed by atoms with E-state index in [4.69, 9.17) is 4.74 Å². The lowest BCUT2D eigenvalue weighted by Crippen LogP contribution is -2.31. The normalized spacial score (nSPS) is 12.9. The van der Waals surface area contributed by atoms with Crippen molar-refractivity contribution < 1.29 is 23.9 Å². The topological polar surface area (TPSA) is 80.8 Å². The second kappa shape index (κ2) is 7.31. The first-order valence-corrected chi connectivity index (χ1v) is 8.24. The van der Waals surface area contributed by atoms with Crippen LogP contribution >= 0.6 is 0 Å². The summed E-state index contributed by atoms with van der Waals surface area (Å²) in [5.41, 5.74) is 1.22. The predicted octanol–water partition coefficient (Wildman–Crippen LogP) is 2.87. The van der Waals surface area contributed by atoms with Crippen LogP contribution in [0.5, 0.6) is 5.75 Å². The molecule has 132 valence electrons. The number of benzene rings is 2. The number of hydrogen-bond donors (Lipinski definition) is 0. The SMILES string of the molecule is CC(=O)Oc1cccc(C(=O)CCCN2C(=O)c3ccccc3C2=O)c1. The number of imide groups is 1. The molecule has 1 heterocycles. The van der Waals surface area contributed by atoms with E-state index in [9.17, 15) is 19.2 Å². The molecule has 0 spiro atoms. The number of amides is 2. The van der Waals surface area contributed by atoms with E-state index in [1.807, 2.05) is 0 Å². The summed E-state index contributed by atoms with van der Waals surface area (Å²) in [7, 11) is 0. The molecular formula is C20H17NO5. The van der Waals surface area contributed by atoms with Crippen molar-refractivity contribution in [2.45, 2.75) is 19.8 Å². The molecule has 0 saturated carbocycles. The van der Waals surface area contributed by atoms with Crippen LogP contribution in [0.2, 0.25) is 0 Å². The standard InChI is InChI=1S/C20H17NO5/c1-13(22)26-15-7-4-6-14(12-15)18(23)10-5-11-21-19(24)16-8-2-3-9-17(16)20(21)25/h2-4,6-9,12H,5,10-11H2,1H3. The molecule has 0 unspecified atom stereocenters. The van der Waals surface area contributed by atoms with Gasteiger partial charge in [-0.15, -0.1) is 0 Å². The van der Waals surface area contributed by atoms with Crippen molar-refractivity contribution >= 4 is 23.6 Å². The first-order chi connectivity index (χ1) is 12.5. The van der Waals surface area contributed by atoms with Gasteiger partial charge in [-0.3, -0.25) is 24.1 Å². The number of hydrogen-bond acceptors (Lipinski definition) is 5. The van der Waals surface area contributed by atoms with Crippen LogP contribution in [-0.4, -0.2) is 35.0 Å². The number of ether oxygens (including phenoxy) is 1. The quantitative estimate of drug-likeness (QED) is 0.346. The number of carbonyl (C=O) groups is 4. The predicted molar refractivity (Wildman–Crippen MR) is 93.1 cm³/mol. The van der Waals surface area contributed by atoms with Crippen LogP contribution in [0.1, 0.15) is 50.8 Å². The van der Waals surface area contributed by atoms with E-state index in [2.05, 4.69) is 0 Å².